The first kappa shape index (κ1) is 10.1. The van der Waals surface area contributed by atoms with E-state index >= 15 is 0 Å². The summed E-state index contributed by atoms with van der Waals surface area (Å²) in [5.41, 5.74) is 2.31. The molecule has 0 nitrogen and oxygen atoms in total. The van der Waals surface area contributed by atoms with Crippen LogP contribution in [-0.4, -0.2) is 15.5 Å². The van der Waals surface area contributed by atoms with Crippen molar-refractivity contribution in [3.63, 3.8) is 0 Å². The van der Waals surface area contributed by atoms with Gasteiger partial charge in [0.1, 0.15) is 0 Å². The van der Waals surface area contributed by atoms with Gasteiger partial charge >= 0.3 is 0 Å². The first-order valence-electron chi connectivity index (χ1n) is 4.20. The highest BCUT2D eigenvalue weighted by Crippen LogP contribution is 2.22. The van der Waals surface area contributed by atoms with Crippen molar-refractivity contribution in [2.75, 3.05) is 0 Å². The second kappa shape index (κ2) is 4.83. The highest BCUT2D eigenvalue weighted by atomic mass is 28.1. The van der Waals surface area contributed by atoms with Crippen LogP contribution in [0.15, 0.2) is 0 Å². The Morgan fingerprint density at radius 2 is 1.50 bits per heavy atom. The smallest absolute Gasteiger partial charge is 0.0288 e. The molecule has 10 heavy (non-hydrogen) atoms. The summed E-state index contributed by atoms with van der Waals surface area (Å²) in [7, 11) is 1.97. The van der Waals surface area contributed by atoms with Crippen LogP contribution in [0.5, 0.6) is 0 Å². The lowest BCUT2D eigenvalue weighted by Crippen LogP contribution is -2.15. The zero-order chi connectivity index (χ0) is 8.15. The van der Waals surface area contributed by atoms with Crippen LogP contribution in [0.3, 0.4) is 0 Å². The number of hydrogen-bond acceptors (Lipinski definition) is 0. The van der Waals surface area contributed by atoms with Crippen molar-refractivity contribution in [2.45, 2.75) is 34.1 Å². The molecule has 0 saturated heterocycles. The Bertz CT molecular complexity index is 86.9. The molecule has 0 aliphatic heterocycles. The third kappa shape index (κ3) is 3.30. The molecule has 0 aromatic carbocycles. The summed E-state index contributed by atoms with van der Waals surface area (Å²) in [6.45, 7) is 9.27. The summed E-state index contributed by atoms with van der Waals surface area (Å²) < 4.78 is 0. The first-order valence-corrected chi connectivity index (χ1v) is 5.02. The molecule has 60 valence electrons. The molecule has 0 N–H and O–H groups in total. The monoisotopic (exact) mass is 156 g/mol. The van der Waals surface area contributed by atoms with Crippen LogP contribution in [0, 0.1) is 17.8 Å². The van der Waals surface area contributed by atoms with Gasteiger partial charge in [0, 0.05) is 0 Å². The summed E-state index contributed by atoms with van der Waals surface area (Å²) in [6, 6.07) is 0. The number of hydrogen-bond donors (Lipinski definition) is 0. The second-order valence-electron chi connectivity index (χ2n) is 3.68. The van der Waals surface area contributed by atoms with Gasteiger partial charge in [-0.3, -0.25) is 0 Å². The van der Waals surface area contributed by atoms with E-state index in [1.165, 1.54) is 6.42 Å². The third-order valence-electron chi connectivity index (χ3n) is 2.15. The Morgan fingerprint density at radius 1 is 1.10 bits per heavy atom. The van der Waals surface area contributed by atoms with Gasteiger partial charge in [0.25, 0.3) is 0 Å². The fourth-order valence-electron chi connectivity index (χ4n) is 1.51. The molecule has 0 fully saturated rings. The van der Waals surface area contributed by atoms with Gasteiger partial charge in [-0.25, -0.2) is 0 Å². The van der Waals surface area contributed by atoms with Crippen molar-refractivity contribution >= 4 is 15.5 Å². The minimum Gasteiger partial charge on any atom is -0.109 e. The molecule has 0 aromatic heterocycles. The maximum Gasteiger partial charge on any atom is -0.0288 e. The van der Waals surface area contributed by atoms with Crippen LogP contribution in [0.25, 0.3) is 0 Å². The van der Waals surface area contributed by atoms with Gasteiger partial charge in [-0.1, -0.05) is 27.7 Å². The molecule has 1 heteroatoms. The Hall–Kier alpha value is 0.0869. The quantitative estimate of drug-likeness (QED) is 0.544. The fourth-order valence-corrected chi connectivity index (χ4v) is 1.89. The molecule has 0 aliphatic rings. The predicted octanol–water partition coefficient (Wildman–Crippen LogP) is 1.74. The van der Waals surface area contributed by atoms with E-state index in [1.807, 2.05) is 9.85 Å². The van der Waals surface area contributed by atoms with Crippen molar-refractivity contribution in [1.29, 1.82) is 0 Å². The Kier molecular flexibility index (Phi) is 4.88. The van der Waals surface area contributed by atoms with Crippen LogP contribution in [0.1, 0.15) is 34.1 Å². The Balaban J connectivity index is 3.84. The van der Waals surface area contributed by atoms with Crippen LogP contribution in [0.2, 0.25) is 0 Å². The zero-order valence-electron chi connectivity index (χ0n) is 7.72. The normalized spacial score (nSPS) is 11.5. The van der Waals surface area contributed by atoms with Gasteiger partial charge in [0.2, 0.25) is 0 Å². The van der Waals surface area contributed by atoms with Crippen LogP contribution >= 0.6 is 0 Å². The highest BCUT2D eigenvalue weighted by Gasteiger charge is 2.14. The van der Waals surface area contributed by atoms with E-state index in [2.05, 4.69) is 33.4 Å². The summed E-state index contributed by atoms with van der Waals surface area (Å²) in [6.07, 6.45) is 1.29. The van der Waals surface area contributed by atoms with E-state index in [-0.39, 0.29) is 0 Å². The van der Waals surface area contributed by atoms with E-state index in [4.69, 9.17) is 0 Å². The molecule has 0 heterocycles. The molecular formula is C9H20Si. The van der Waals surface area contributed by atoms with Gasteiger partial charge in [-0.2, -0.15) is 0 Å². The lowest BCUT2D eigenvalue weighted by atomic mass is 9.84. The maximum absolute atomic E-state index is 2.32. The molecule has 0 aromatic rings. The summed E-state index contributed by atoms with van der Waals surface area (Å²) >= 11 is 0. The van der Waals surface area contributed by atoms with Crippen molar-refractivity contribution in [2.24, 2.45) is 17.8 Å². The minimum absolute atomic E-state index is 0.834. The largest absolute Gasteiger partial charge is 0.109 e. The fraction of sp³-hybridized carbons (Fsp3) is 0.889. The Labute approximate surface area is 68.1 Å². The molecule has 0 spiro atoms. The molecule has 0 unspecified atom stereocenters. The minimum atomic E-state index is 0.834. The molecule has 0 atom stereocenters. The molecule has 0 radical (unpaired) electrons. The van der Waals surface area contributed by atoms with E-state index in [0.717, 1.165) is 17.8 Å². The molecule has 0 rings (SSSR count). The predicted molar refractivity (Wildman–Crippen MR) is 52.4 cm³/mol. The molecule has 0 bridgehead atoms. The van der Waals surface area contributed by atoms with Crippen LogP contribution < -0.4 is 0 Å². The van der Waals surface area contributed by atoms with Crippen molar-refractivity contribution < 1.29 is 0 Å². The lowest BCUT2D eigenvalue weighted by Gasteiger charge is -2.22. The SMILES string of the molecule is CC(C)C(CC=[SiH2])C(C)C. The van der Waals surface area contributed by atoms with Gasteiger partial charge in [0.05, 0.1) is 0 Å². The standard InChI is InChI=1S/C9H20Si/c1-7(2)9(5-6-10)8(3)4/h6-9H,5,10H2,1-4H3. The van der Waals surface area contributed by atoms with Crippen LogP contribution in [0.4, 0.5) is 0 Å². The maximum atomic E-state index is 2.32. The molecule has 0 aliphatic carbocycles. The third-order valence-corrected chi connectivity index (χ3v) is 2.48. The molecule has 0 saturated carbocycles. The highest BCUT2D eigenvalue weighted by molar-refractivity contribution is 6.27. The average molecular weight is 156 g/mol. The Morgan fingerprint density at radius 3 is 1.60 bits per heavy atom. The average Bonchev–Trinajstić information content (AvgIpc) is 1.81. The molecular weight excluding hydrogens is 136 g/mol. The van der Waals surface area contributed by atoms with E-state index in [9.17, 15) is 0 Å². The van der Waals surface area contributed by atoms with Gasteiger partial charge in [-0.05, 0) is 34.0 Å². The topological polar surface area (TPSA) is 0 Å². The van der Waals surface area contributed by atoms with Gasteiger partial charge in [0.15, 0.2) is 0 Å². The van der Waals surface area contributed by atoms with E-state index < -0.39 is 0 Å². The summed E-state index contributed by atoms with van der Waals surface area (Å²) in [5, 5.41) is 0. The van der Waals surface area contributed by atoms with Crippen molar-refractivity contribution in [1.82, 2.24) is 0 Å². The molecule has 0 amide bonds. The van der Waals surface area contributed by atoms with Gasteiger partial charge < -0.3 is 0 Å². The summed E-state index contributed by atoms with van der Waals surface area (Å²) in [5.74, 6) is 2.56. The van der Waals surface area contributed by atoms with Crippen LogP contribution in [-0.2, 0) is 0 Å². The van der Waals surface area contributed by atoms with E-state index in [1.54, 1.807) is 0 Å². The first-order chi connectivity index (χ1) is 4.59. The summed E-state index contributed by atoms with van der Waals surface area (Å²) in [4.78, 5) is 0. The lowest BCUT2D eigenvalue weighted by molar-refractivity contribution is 0.300. The number of rotatable bonds is 4. The van der Waals surface area contributed by atoms with Crippen molar-refractivity contribution in [3.05, 3.63) is 0 Å². The van der Waals surface area contributed by atoms with E-state index in [0.29, 0.717) is 0 Å². The zero-order valence-corrected chi connectivity index (χ0v) is 9.14. The second-order valence-corrected chi connectivity index (χ2v) is 4.25. The van der Waals surface area contributed by atoms with Gasteiger partial charge in [-0.15, -0.1) is 5.67 Å². The van der Waals surface area contributed by atoms with Crippen molar-refractivity contribution in [3.8, 4) is 0 Å².